The van der Waals surface area contributed by atoms with Crippen molar-refractivity contribution in [2.75, 3.05) is 6.54 Å². The van der Waals surface area contributed by atoms with E-state index in [-0.39, 0.29) is 0 Å². The minimum atomic E-state index is 0.580. The Labute approximate surface area is 151 Å². The van der Waals surface area contributed by atoms with Crippen LogP contribution in [0.1, 0.15) is 29.2 Å². The van der Waals surface area contributed by atoms with E-state index in [0.717, 1.165) is 23.1 Å². The first-order valence-electron chi connectivity index (χ1n) is 8.55. The van der Waals surface area contributed by atoms with Gasteiger partial charge >= 0.3 is 0 Å². The molecule has 0 aliphatic carbocycles. The summed E-state index contributed by atoms with van der Waals surface area (Å²) < 4.78 is 0. The highest BCUT2D eigenvalue weighted by molar-refractivity contribution is 5.97. The zero-order chi connectivity index (χ0) is 18.1. The molecule has 2 N–H and O–H groups in total. The number of aliphatic imine (C=N–C) groups is 1. The summed E-state index contributed by atoms with van der Waals surface area (Å²) in [7, 11) is 0. The first kappa shape index (κ1) is 18.5. The van der Waals surface area contributed by atoms with E-state index < -0.39 is 0 Å². The predicted molar refractivity (Wildman–Crippen MR) is 110 cm³/mol. The molecule has 0 amide bonds. The molecule has 0 radical (unpaired) electrons. The Kier molecular flexibility index (Phi) is 6.97. The quantitative estimate of drug-likeness (QED) is 0.429. The van der Waals surface area contributed by atoms with Gasteiger partial charge in [0, 0.05) is 12.1 Å². The summed E-state index contributed by atoms with van der Waals surface area (Å²) in [4.78, 5) is 4.51. The number of aryl methyl sites for hydroxylation is 1. The molecule has 2 rings (SSSR count). The molecule has 0 aromatic heterocycles. The van der Waals surface area contributed by atoms with E-state index in [9.17, 15) is 0 Å². The van der Waals surface area contributed by atoms with Crippen molar-refractivity contribution >= 4 is 11.4 Å². The van der Waals surface area contributed by atoms with Crippen LogP contribution in [0.25, 0.3) is 5.57 Å². The molecule has 0 spiro atoms. The van der Waals surface area contributed by atoms with Crippen molar-refractivity contribution in [2.45, 2.75) is 20.3 Å². The van der Waals surface area contributed by atoms with E-state index >= 15 is 0 Å². The van der Waals surface area contributed by atoms with Crippen molar-refractivity contribution in [3.8, 4) is 0 Å². The lowest BCUT2D eigenvalue weighted by Crippen LogP contribution is -2.14. The van der Waals surface area contributed by atoms with Crippen molar-refractivity contribution < 1.29 is 0 Å². The van der Waals surface area contributed by atoms with Gasteiger partial charge in [-0.05, 0) is 37.0 Å². The maximum Gasteiger partial charge on any atom is 0.125 e. The second-order valence-electron chi connectivity index (χ2n) is 5.94. The van der Waals surface area contributed by atoms with Crippen molar-refractivity contribution in [1.29, 1.82) is 0 Å². The van der Waals surface area contributed by atoms with E-state index in [4.69, 9.17) is 5.73 Å². The molecule has 2 aromatic carbocycles. The van der Waals surface area contributed by atoms with Gasteiger partial charge in [0.1, 0.15) is 5.84 Å². The molecular formula is C23H26N2. The van der Waals surface area contributed by atoms with Crippen LogP contribution in [0.3, 0.4) is 0 Å². The summed E-state index contributed by atoms with van der Waals surface area (Å²) in [6.07, 6.45) is 8.80. The number of amidine groups is 1. The van der Waals surface area contributed by atoms with Gasteiger partial charge in [0.05, 0.1) is 0 Å². The Morgan fingerprint density at radius 2 is 1.84 bits per heavy atom. The first-order chi connectivity index (χ1) is 12.1. The highest BCUT2D eigenvalue weighted by Gasteiger charge is 2.01. The number of allylic oxidation sites excluding steroid dienone is 5. The minimum Gasteiger partial charge on any atom is -0.384 e. The highest BCUT2D eigenvalue weighted by Crippen LogP contribution is 2.16. The van der Waals surface area contributed by atoms with Gasteiger partial charge in [0.25, 0.3) is 0 Å². The number of nitrogens with zero attached hydrogens (tertiary/aromatic N) is 1. The van der Waals surface area contributed by atoms with E-state index in [1.165, 1.54) is 11.1 Å². The third-order valence-electron chi connectivity index (χ3n) is 3.97. The van der Waals surface area contributed by atoms with Crippen LogP contribution in [0.2, 0.25) is 0 Å². The third-order valence-corrected chi connectivity index (χ3v) is 3.97. The van der Waals surface area contributed by atoms with Gasteiger partial charge in [-0.15, -0.1) is 0 Å². The third kappa shape index (κ3) is 5.61. The van der Waals surface area contributed by atoms with Crippen LogP contribution >= 0.6 is 0 Å². The van der Waals surface area contributed by atoms with Crippen LogP contribution in [-0.4, -0.2) is 12.4 Å². The van der Waals surface area contributed by atoms with E-state index in [1.807, 2.05) is 43.4 Å². The zero-order valence-corrected chi connectivity index (χ0v) is 15.1. The lowest BCUT2D eigenvalue weighted by Gasteiger charge is -2.05. The van der Waals surface area contributed by atoms with Gasteiger partial charge in [-0.3, -0.25) is 4.99 Å². The number of hydrogen-bond donors (Lipinski definition) is 1. The normalized spacial score (nSPS) is 12.6. The van der Waals surface area contributed by atoms with E-state index in [2.05, 4.69) is 54.9 Å². The summed E-state index contributed by atoms with van der Waals surface area (Å²) in [6.45, 7) is 8.66. The van der Waals surface area contributed by atoms with Crippen molar-refractivity contribution in [3.05, 3.63) is 102 Å². The number of hydrogen-bond acceptors (Lipinski definition) is 1. The molecule has 2 nitrogen and oxygen atoms in total. The fourth-order valence-corrected chi connectivity index (χ4v) is 2.58. The maximum atomic E-state index is 6.13. The number of rotatable bonds is 7. The molecule has 0 unspecified atom stereocenters. The zero-order valence-electron chi connectivity index (χ0n) is 15.1. The lowest BCUT2D eigenvalue weighted by molar-refractivity contribution is 0.964. The fraction of sp³-hybridized carbons (Fsp3) is 0.174. The van der Waals surface area contributed by atoms with Crippen LogP contribution in [0.4, 0.5) is 0 Å². The van der Waals surface area contributed by atoms with Crippen molar-refractivity contribution in [2.24, 2.45) is 10.7 Å². The monoisotopic (exact) mass is 330 g/mol. The molecule has 0 aliphatic rings. The minimum absolute atomic E-state index is 0.580. The summed E-state index contributed by atoms with van der Waals surface area (Å²) >= 11 is 0. The standard InChI is InChI=1S/C23H26N2/c1-4-6-10-20(5-2)21-11-13-22(14-12-21)23(24)25-16-15-19-9-7-8-18(3)17-19/h4-14,17H,2,15-16H2,1,3H3,(H2,24,25)/b6-4-,20-10+. The van der Waals surface area contributed by atoms with Crippen molar-refractivity contribution in [1.82, 2.24) is 0 Å². The molecule has 0 fully saturated rings. The summed E-state index contributed by atoms with van der Waals surface area (Å²) in [5.74, 6) is 0.580. The average molecular weight is 330 g/mol. The molecule has 25 heavy (non-hydrogen) atoms. The molecule has 2 heteroatoms. The molecule has 0 heterocycles. The first-order valence-corrected chi connectivity index (χ1v) is 8.55. The van der Waals surface area contributed by atoms with Crippen LogP contribution in [0.15, 0.2) is 84.4 Å². The Balaban J connectivity index is 2.04. The van der Waals surface area contributed by atoms with Gasteiger partial charge in [-0.1, -0.05) is 85.0 Å². The Hall–Kier alpha value is -2.87. The second-order valence-corrected chi connectivity index (χ2v) is 5.94. The highest BCUT2D eigenvalue weighted by atomic mass is 14.8. The van der Waals surface area contributed by atoms with Crippen LogP contribution in [-0.2, 0) is 6.42 Å². The lowest BCUT2D eigenvalue weighted by atomic mass is 10.0. The van der Waals surface area contributed by atoms with Gasteiger partial charge in [0.2, 0.25) is 0 Å². The smallest absolute Gasteiger partial charge is 0.125 e. The number of benzene rings is 2. The molecule has 0 bridgehead atoms. The Morgan fingerprint density at radius 3 is 2.48 bits per heavy atom. The predicted octanol–water partition coefficient (Wildman–Crippen LogP) is 5.09. The summed E-state index contributed by atoms with van der Waals surface area (Å²) in [5, 5.41) is 0. The van der Waals surface area contributed by atoms with Crippen LogP contribution in [0.5, 0.6) is 0 Å². The molecule has 128 valence electrons. The fourth-order valence-electron chi connectivity index (χ4n) is 2.58. The summed E-state index contributed by atoms with van der Waals surface area (Å²) in [5.41, 5.74) is 11.8. The molecule has 0 atom stereocenters. The molecular weight excluding hydrogens is 304 g/mol. The Bertz CT molecular complexity index is 793. The van der Waals surface area contributed by atoms with Gasteiger partial charge in [0.15, 0.2) is 0 Å². The summed E-state index contributed by atoms with van der Waals surface area (Å²) in [6, 6.07) is 16.6. The number of nitrogens with two attached hydrogens (primary N) is 1. The van der Waals surface area contributed by atoms with Crippen LogP contribution in [0, 0.1) is 6.92 Å². The second kappa shape index (κ2) is 9.43. The van der Waals surface area contributed by atoms with Gasteiger partial charge < -0.3 is 5.73 Å². The molecule has 0 saturated carbocycles. The Morgan fingerprint density at radius 1 is 1.12 bits per heavy atom. The van der Waals surface area contributed by atoms with Gasteiger partial charge in [-0.2, -0.15) is 0 Å². The largest absolute Gasteiger partial charge is 0.384 e. The maximum absolute atomic E-state index is 6.13. The van der Waals surface area contributed by atoms with Crippen molar-refractivity contribution in [3.63, 3.8) is 0 Å². The van der Waals surface area contributed by atoms with E-state index in [1.54, 1.807) is 0 Å². The topological polar surface area (TPSA) is 38.4 Å². The molecule has 2 aromatic rings. The van der Waals surface area contributed by atoms with E-state index in [0.29, 0.717) is 12.4 Å². The van der Waals surface area contributed by atoms with Gasteiger partial charge in [-0.25, -0.2) is 0 Å². The molecule has 0 saturated heterocycles. The SMILES string of the molecule is C=C/C(=C\C=C/C)c1ccc(C(N)=NCCc2cccc(C)c2)cc1. The van der Waals surface area contributed by atoms with Crippen LogP contribution < -0.4 is 5.73 Å². The average Bonchev–Trinajstić information content (AvgIpc) is 2.63. The molecule has 0 aliphatic heterocycles.